The molecule has 0 aromatic carbocycles. The lowest BCUT2D eigenvalue weighted by Crippen LogP contribution is -1.91. The fourth-order valence-electron chi connectivity index (χ4n) is 1.42. The highest BCUT2D eigenvalue weighted by molar-refractivity contribution is 7.18. The van der Waals surface area contributed by atoms with Gasteiger partial charge in [-0.15, -0.1) is 0 Å². The van der Waals surface area contributed by atoms with Gasteiger partial charge >= 0.3 is 0 Å². The van der Waals surface area contributed by atoms with Gasteiger partial charge in [0.1, 0.15) is 15.8 Å². The molecule has 1 fully saturated rings. The molecule has 1 aliphatic carbocycles. The highest BCUT2D eigenvalue weighted by Gasteiger charge is 2.26. The summed E-state index contributed by atoms with van der Waals surface area (Å²) in [5, 5.41) is 1.60. The summed E-state index contributed by atoms with van der Waals surface area (Å²) in [5.74, 6) is 1.56. The Morgan fingerprint density at radius 1 is 1.13 bits per heavy atom. The molecule has 0 aliphatic heterocycles. The van der Waals surface area contributed by atoms with Crippen LogP contribution in [-0.4, -0.2) is 15.0 Å². The fourth-order valence-corrected chi connectivity index (χ4v) is 2.08. The van der Waals surface area contributed by atoms with Crippen molar-refractivity contribution in [1.82, 2.24) is 15.0 Å². The Kier molecular flexibility index (Phi) is 1.92. The molecule has 1 saturated carbocycles. The lowest BCUT2D eigenvalue weighted by Gasteiger charge is -1.97. The van der Waals surface area contributed by atoms with E-state index >= 15 is 0 Å². The number of nitrogen functional groups attached to an aromatic ring is 1. The standard InChI is InChI=1S/C10H10N4S/c11-8-5-14-10(15-8)7-3-12-9(13-4-7)6-1-2-6/h3-6H,1-2,11H2. The van der Waals surface area contributed by atoms with Crippen LogP contribution in [0, 0.1) is 0 Å². The molecule has 2 aromatic heterocycles. The summed E-state index contributed by atoms with van der Waals surface area (Å²) in [5.41, 5.74) is 6.56. The number of nitrogens with two attached hydrogens (primary N) is 1. The van der Waals surface area contributed by atoms with E-state index in [4.69, 9.17) is 5.73 Å². The summed E-state index contributed by atoms with van der Waals surface area (Å²) >= 11 is 1.46. The number of aromatic nitrogens is 3. The van der Waals surface area contributed by atoms with Crippen LogP contribution in [0.3, 0.4) is 0 Å². The molecule has 0 amide bonds. The van der Waals surface area contributed by atoms with Crippen LogP contribution < -0.4 is 5.73 Å². The Balaban J connectivity index is 1.92. The van der Waals surface area contributed by atoms with Crippen molar-refractivity contribution < 1.29 is 0 Å². The second-order valence-corrected chi connectivity index (χ2v) is 4.73. The van der Waals surface area contributed by atoms with Crippen molar-refractivity contribution in [3.63, 3.8) is 0 Å². The number of thiazole rings is 1. The molecular formula is C10H10N4S. The number of anilines is 1. The van der Waals surface area contributed by atoms with Gasteiger partial charge in [0.25, 0.3) is 0 Å². The summed E-state index contributed by atoms with van der Waals surface area (Å²) in [4.78, 5) is 12.9. The normalized spacial score (nSPS) is 15.5. The monoisotopic (exact) mass is 218 g/mol. The molecule has 76 valence electrons. The van der Waals surface area contributed by atoms with E-state index in [0.29, 0.717) is 5.92 Å². The molecule has 2 aromatic rings. The van der Waals surface area contributed by atoms with E-state index in [1.807, 2.05) is 12.4 Å². The molecule has 1 aliphatic rings. The van der Waals surface area contributed by atoms with Gasteiger partial charge < -0.3 is 5.73 Å². The largest absolute Gasteiger partial charge is 0.389 e. The first-order valence-electron chi connectivity index (χ1n) is 4.86. The third kappa shape index (κ3) is 1.70. The molecule has 15 heavy (non-hydrogen) atoms. The lowest BCUT2D eigenvalue weighted by atomic mass is 10.3. The molecular weight excluding hydrogens is 208 g/mol. The van der Waals surface area contributed by atoms with E-state index in [2.05, 4.69) is 15.0 Å². The molecule has 2 heterocycles. The third-order valence-corrected chi connectivity index (χ3v) is 3.26. The van der Waals surface area contributed by atoms with Gasteiger partial charge in [0.2, 0.25) is 0 Å². The Labute approximate surface area is 91.2 Å². The number of rotatable bonds is 2. The molecule has 5 heteroatoms. The second kappa shape index (κ2) is 3.27. The van der Waals surface area contributed by atoms with Crippen molar-refractivity contribution in [2.45, 2.75) is 18.8 Å². The number of nitrogens with zero attached hydrogens (tertiary/aromatic N) is 3. The van der Waals surface area contributed by atoms with Crippen molar-refractivity contribution in [3.05, 3.63) is 24.4 Å². The first kappa shape index (κ1) is 8.79. The van der Waals surface area contributed by atoms with Crippen molar-refractivity contribution in [2.75, 3.05) is 5.73 Å². The lowest BCUT2D eigenvalue weighted by molar-refractivity contribution is 0.928. The summed E-state index contributed by atoms with van der Waals surface area (Å²) in [6.07, 6.45) is 7.78. The molecule has 0 atom stereocenters. The zero-order valence-corrected chi connectivity index (χ0v) is 8.87. The average molecular weight is 218 g/mol. The Hall–Kier alpha value is -1.49. The topological polar surface area (TPSA) is 64.7 Å². The highest BCUT2D eigenvalue weighted by atomic mass is 32.1. The van der Waals surface area contributed by atoms with E-state index in [-0.39, 0.29) is 0 Å². The summed E-state index contributed by atoms with van der Waals surface area (Å²) in [7, 11) is 0. The maximum absolute atomic E-state index is 5.62. The Morgan fingerprint density at radius 2 is 1.87 bits per heavy atom. The van der Waals surface area contributed by atoms with Gasteiger partial charge in [-0.05, 0) is 12.8 Å². The molecule has 0 saturated heterocycles. The van der Waals surface area contributed by atoms with Crippen molar-refractivity contribution >= 4 is 16.3 Å². The van der Waals surface area contributed by atoms with Gasteiger partial charge in [-0.25, -0.2) is 15.0 Å². The van der Waals surface area contributed by atoms with Crippen LogP contribution in [-0.2, 0) is 0 Å². The van der Waals surface area contributed by atoms with Crippen molar-refractivity contribution in [3.8, 4) is 10.6 Å². The highest BCUT2D eigenvalue weighted by Crippen LogP contribution is 2.38. The first-order chi connectivity index (χ1) is 7.33. The van der Waals surface area contributed by atoms with Gasteiger partial charge in [0, 0.05) is 23.9 Å². The number of hydrogen-bond donors (Lipinski definition) is 1. The number of hydrogen-bond acceptors (Lipinski definition) is 5. The van der Waals surface area contributed by atoms with Gasteiger partial charge in [-0.1, -0.05) is 11.3 Å². The van der Waals surface area contributed by atoms with E-state index in [1.54, 1.807) is 6.20 Å². The maximum atomic E-state index is 5.62. The van der Waals surface area contributed by atoms with Crippen LogP contribution in [0.5, 0.6) is 0 Å². The van der Waals surface area contributed by atoms with Crippen LogP contribution >= 0.6 is 11.3 Å². The predicted octanol–water partition coefficient (Wildman–Crippen LogP) is 2.06. The van der Waals surface area contributed by atoms with Crippen LogP contribution in [0.1, 0.15) is 24.6 Å². The quantitative estimate of drug-likeness (QED) is 0.838. The van der Waals surface area contributed by atoms with Gasteiger partial charge in [0.15, 0.2) is 0 Å². The third-order valence-electron chi connectivity index (χ3n) is 2.38. The minimum atomic E-state index is 0.598. The average Bonchev–Trinajstić information content (AvgIpc) is 3.02. The van der Waals surface area contributed by atoms with E-state index in [0.717, 1.165) is 21.4 Å². The van der Waals surface area contributed by atoms with E-state index in [1.165, 1.54) is 24.2 Å². The first-order valence-corrected chi connectivity index (χ1v) is 5.68. The summed E-state index contributed by atoms with van der Waals surface area (Å²) in [6, 6.07) is 0. The molecule has 0 bridgehead atoms. The van der Waals surface area contributed by atoms with Crippen LogP contribution in [0.25, 0.3) is 10.6 Å². The van der Waals surface area contributed by atoms with Gasteiger partial charge in [-0.2, -0.15) is 0 Å². The van der Waals surface area contributed by atoms with Crippen LogP contribution in [0.4, 0.5) is 5.00 Å². The molecule has 0 spiro atoms. The fraction of sp³-hybridized carbons (Fsp3) is 0.300. The van der Waals surface area contributed by atoms with Gasteiger partial charge in [-0.3, -0.25) is 0 Å². The van der Waals surface area contributed by atoms with Gasteiger partial charge in [0.05, 0.1) is 6.20 Å². The van der Waals surface area contributed by atoms with E-state index in [9.17, 15) is 0 Å². The smallest absolute Gasteiger partial charge is 0.131 e. The van der Waals surface area contributed by atoms with E-state index < -0.39 is 0 Å². The van der Waals surface area contributed by atoms with Crippen LogP contribution in [0.2, 0.25) is 0 Å². The second-order valence-electron chi connectivity index (χ2n) is 3.67. The predicted molar refractivity (Wildman–Crippen MR) is 59.5 cm³/mol. The maximum Gasteiger partial charge on any atom is 0.131 e. The molecule has 3 rings (SSSR count). The van der Waals surface area contributed by atoms with Crippen molar-refractivity contribution in [2.24, 2.45) is 0 Å². The minimum Gasteiger partial charge on any atom is -0.389 e. The summed E-state index contributed by atoms with van der Waals surface area (Å²) in [6.45, 7) is 0. The summed E-state index contributed by atoms with van der Waals surface area (Å²) < 4.78 is 0. The zero-order valence-electron chi connectivity index (χ0n) is 8.05. The SMILES string of the molecule is Nc1cnc(-c2cnc(C3CC3)nc2)s1. The zero-order chi connectivity index (χ0) is 10.3. The van der Waals surface area contributed by atoms with Crippen molar-refractivity contribution in [1.29, 1.82) is 0 Å². The molecule has 2 N–H and O–H groups in total. The molecule has 0 radical (unpaired) electrons. The minimum absolute atomic E-state index is 0.598. The molecule has 4 nitrogen and oxygen atoms in total. The Bertz CT molecular complexity index is 472. The Morgan fingerprint density at radius 3 is 2.40 bits per heavy atom. The van der Waals surface area contributed by atoms with Crippen LogP contribution in [0.15, 0.2) is 18.6 Å². The molecule has 0 unspecified atom stereocenters.